The van der Waals surface area contributed by atoms with Crippen molar-refractivity contribution in [2.45, 2.75) is 6.92 Å². The number of hydrogen-bond donors (Lipinski definition) is 1. The van der Waals surface area contributed by atoms with Crippen molar-refractivity contribution in [3.05, 3.63) is 0 Å². The Balaban J connectivity index is 0. The fourth-order valence-corrected chi connectivity index (χ4v) is 0.189. The van der Waals surface area contributed by atoms with E-state index in [0.717, 1.165) is 0 Å². The first-order valence-corrected chi connectivity index (χ1v) is 2.01. The van der Waals surface area contributed by atoms with E-state index in [4.69, 9.17) is 5.11 Å². The maximum absolute atomic E-state index is 9.87. The van der Waals surface area contributed by atoms with Gasteiger partial charge in [-0.05, 0) is 0 Å². The molecule has 0 unspecified atom stereocenters. The molecule has 0 heterocycles. The highest BCUT2D eigenvalue weighted by Gasteiger charge is 1.86. The van der Waals surface area contributed by atoms with Crippen LogP contribution in [-0.4, -0.2) is 24.3 Å². The van der Waals surface area contributed by atoms with Crippen molar-refractivity contribution in [1.82, 2.24) is 0 Å². The highest BCUT2D eigenvalue weighted by atomic mass is 16.5. The summed E-state index contributed by atoms with van der Waals surface area (Å²) in [4.78, 5) is 9.87. The SMILES string of the molecule is CC(=O)OCCO.[O-2]. The monoisotopic (exact) mass is 120 g/mol. The van der Waals surface area contributed by atoms with Gasteiger partial charge < -0.3 is 15.3 Å². The molecule has 0 aliphatic carbocycles. The molecule has 1 N–H and O–H groups in total. The molecular weight excluding hydrogens is 112 g/mol. The van der Waals surface area contributed by atoms with Gasteiger partial charge in [0.1, 0.15) is 6.61 Å². The van der Waals surface area contributed by atoms with Gasteiger partial charge in [0.05, 0.1) is 6.61 Å². The zero-order valence-electron chi connectivity index (χ0n) is 4.59. The number of carbonyl (C=O) groups excluding carboxylic acids is 1. The highest BCUT2D eigenvalue weighted by molar-refractivity contribution is 5.65. The lowest BCUT2D eigenvalue weighted by Gasteiger charge is -2.00. The normalized spacial score (nSPS) is 7.25. The van der Waals surface area contributed by atoms with Crippen LogP contribution < -0.4 is 0 Å². The maximum Gasteiger partial charge on any atom is 0.302 e. The van der Waals surface area contributed by atoms with Crippen molar-refractivity contribution in [3.8, 4) is 0 Å². The van der Waals surface area contributed by atoms with Gasteiger partial charge in [-0.1, -0.05) is 0 Å². The molecule has 4 heteroatoms. The summed E-state index contributed by atoms with van der Waals surface area (Å²) in [7, 11) is 0. The molecule has 0 saturated heterocycles. The second-order valence-electron chi connectivity index (χ2n) is 1.06. The molecule has 0 radical (unpaired) electrons. The van der Waals surface area contributed by atoms with Gasteiger partial charge in [0.15, 0.2) is 0 Å². The van der Waals surface area contributed by atoms with Crippen molar-refractivity contribution in [2.75, 3.05) is 13.2 Å². The third-order valence-electron chi connectivity index (χ3n) is 0.397. The minimum atomic E-state index is -0.353. The smallest absolute Gasteiger partial charge is 0.302 e. The quantitative estimate of drug-likeness (QED) is 0.495. The van der Waals surface area contributed by atoms with Gasteiger partial charge in [-0.3, -0.25) is 4.79 Å². The molecule has 0 saturated carbocycles. The van der Waals surface area contributed by atoms with Crippen LogP contribution in [0.5, 0.6) is 0 Å². The molecule has 0 atom stereocenters. The van der Waals surface area contributed by atoms with Crippen LogP contribution in [0.3, 0.4) is 0 Å². The van der Waals surface area contributed by atoms with E-state index in [1.54, 1.807) is 0 Å². The standard InChI is InChI=1S/C4H8O3.O/c1-4(6)7-3-2-5;/h5H,2-3H2,1H3;/q;-2. The molecule has 50 valence electrons. The first-order valence-electron chi connectivity index (χ1n) is 2.01. The molecule has 0 fully saturated rings. The van der Waals surface area contributed by atoms with Crippen molar-refractivity contribution < 1.29 is 20.1 Å². The third kappa shape index (κ3) is 9.04. The van der Waals surface area contributed by atoms with Gasteiger partial charge in [0, 0.05) is 6.92 Å². The summed E-state index contributed by atoms with van der Waals surface area (Å²) in [6.07, 6.45) is 0. The lowest BCUT2D eigenvalue weighted by molar-refractivity contribution is -0.141. The molecule has 0 bridgehead atoms. The van der Waals surface area contributed by atoms with Crippen LogP contribution in [0.25, 0.3) is 0 Å². The Bertz CT molecular complexity index is 61.1. The summed E-state index contributed by atoms with van der Waals surface area (Å²) >= 11 is 0. The first-order chi connectivity index (χ1) is 3.27. The van der Waals surface area contributed by atoms with E-state index in [1.165, 1.54) is 6.92 Å². The molecule has 0 aromatic carbocycles. The second-order valence-corrected chi connectivity index (χ2v) is 1.06. The average molecular weight is 120 g/mol. The van der Waals surface area contributed by atoms with Crippen molar-refractivity contribution >= 4 is 5.97 Å². The predicted molar refractivity (Wildman–Crippen MR) is 24.4 cm³/mol. The number of ether oxygens (including phenoxy) is 1. The van der Waals surface area contributed by atoms with Crippen molar-refractivity contribution in [3.63, 3.8) is 0 Å². The largest absolute Gasteiger partial charge is 2.00 e. The fourth-order valence-electron chi connectivity index (χ4n) is 0.189. The number of aliphatic hydroxyl groups is 1. The number of esters is 1. The average Bonchev–Trinajstić information content (AvgIpc) is 1.61. The van der Waals surface area contributed by atoms with E-state index in [-0.39, 0.29) is 24.7 Å². The molecule has 0 aliphatic heterocycles. The second kappa shape index (κ2) is 6.39. The molecule has 0 rings (SSSR count). The third-order valence-corrected chi connectivity index (χ3v) is 0.397. The first kappa shape index (κ1) is 10.4. The van der Waals surface area contributed by atoms with E-state index >= 15 is 0 Å². The summed E-state index contributed by atoms with van der Waals surface area (Å²) in [6, 6.07) is 0. The van der Waals surface area contributed by atoms with Gasteiger partial charge >= 0.3 is 5.97 Å². The summed E-state index contributed by atoms with van der Waals surface area (Å²) in [5.41, 5.74) is 0. The van der Waals surface area contributed by atoms with E-state index in [0.29, 0.717) is 0 Å². The Kier molecular flexibility index (Phi) is 8.30. The summed E-state index contributed by atoms with van der Waals surface area (Å²) in [5.74, 6) is -0.353. The Morgan fingerprint density at radius 3 is 2.38 bits per heavy atom. The Hall–Kier alpha value is -0.610. The van der Waals surface area contributed by atoms with E-state index in [1.807, 2.05) is 0 Å². The van der Waals surface area contributed by atoms with Crippen molar-refractivity contribution in [1.29, 1.82) is 0 Å². The zero-order valence-corrected chi connectivity index (χ0v) is 4.59. The van der Waals surface area contributed by atoms with Crippen LogP contribution in [0.15, 0.2) is 0 Å². The molecule has 0 spiro atoms. The van der Waals surface area contributed by atoms with Crippen molar-refractivity contribution in [2.24, 2.45) is 0 Å². The summed E-state index contributed by atoms with van der Waals surface area (Å²) < 4.78 is 4.30. The lowest BCUT2D eigenvalue weighted by atomic mass is 10.7. The Morgan fingerprint density at radius 2 is 2.25 bits per heavy atom. The lowest BCUT2D eigenvalue weighted by Crippen LogP contribution is -2.03. The predicted octanol–water partition coefficient (Wildman–Crippen LogP) is -0.577. The molecule has 0 aromatic rings. The van der Waals surface area contributed by atoms with Crippen LogP contribution in [0.2, 0.25) is 0 Å². The molecule has 0 aromatic heterocycles. The zero-order chi connectivity index (χ0) is 5.70. The van der Waals surface area contributed by atoms with Crippen LogP contribution in [0.1, 0.15) is 6.92 Å². The van der Waals surface area contributed by atoms with E-state index in [2.05, 4.69) is 4.74 Å². The number of rotatable bonds is 2. The Labute approximate surface area is 47.4 Å². The van der Waals surface area contributed by atoms with E-state index in [9.17, 15) is 4.79 Å². The minimum Gasteiger partial charge on any atom is -2.00 e. The van der Waals surface area contributed by atoms with Gasteiger partial charge in [-0.25, -0.2) is 0 Å². The van der Waals surface area contributed by atoms with Crippen LogP contribution in [-0.2, 0) is 15.0 Å². The maximum atomic E-state index is 9.87. The number of carbonyl (C=O) groups is 1. The van der Waals surface area contributed by atoms with E-state index < -0.39 is 0 Å². The molecular formula is C4H8O4-2. The molecule has 0 amide bonds. The Morgan fingerprint density at radius 1 is 1.75 bits per heavy atom. The van der Waals surface area contributed by atoms with Gasteiger partial charge in [0.25, 0.3) is 0 Å². The topological polar surface area (TPSA) is 75.0 Å². The molecule has 8 heavy (non-hydrogen) atoms. The van der Waals surface area contributed by atoms with Crippen LogP contribution >= 0.6 is 0 Å². The molecule has 0 aliphatic rings. The number of aliphatic hydroxyl groups excluding tert-OH is 1. The number of hydrogen-bond acceptors (Lipinski definition) is 3. The summed E-state index contributed by atoms with van der Waals surface area (Å²) in [6.45, 7) is 1.31. The van der Waals surface area contributed by atoms with Gasteiger partial charge in [-0.15, -0.1) is 0 Å². The van der Waals surface area contributed by atoms with Gasteiger partial charge in [-0.2, -0.15) is 0 Å². The highest BCUT2D eigenvalue weighted by Crippen LogP contribution is 1.71. The van der Waals surface area contributed by atoms with Crippen LogP contribution in [0.4, 0.5) is 0 Å². The van der Waals surface area contributed by atoms with Crippen LogP contribution in [0, 0.1) is 0 Å². The summed E-state index contributed by atoms with van der Waals surface area (Å²) in [5, 5.41) is 8.04. The fraction of sp³-hybridized carbons (Fsp3) is 0.750. The molecule has 4 nitrogen and oxygen atoms in total. The van der Waals surface area contributed by atoms with Gasteiger partial charge in [0.2, 0.25) is 0 Å². The minimum absolute atomic E-state index is 0.